The summed E-state index contributed by atoms with van der Waals surface area (Å²) >= 11 is 0. The molecule has 7 heteroatoms. The Labute approximate surface area is 149 Å². The first-order chi connectivity index (χ1) is 11.9. The molecule has 0 N–H and O–H groups in total. The number of sulfonamides is 1. The lowest BCUT2D eigenvalue weighted by Gasteiger charge is -2.46. The zero-order chi connectivity index (χ0) is 17.6. The van der Waals surface area contributed by atoms with Crippen molar-refractivity contribution in [3.63, 3.8) is 0 Å². The van der Waals surface area contributed by atoms with Gasteiger partial charge in [0.1, 0.15) is 0 Å². The summed E-state index contributed by atoms with van der Waals surface area (Å²) in [6.45, 7) is 3.41. The Balaban J connectivity index is 1.62. The van der Waals surface area contributed by atoms with Crippen molar-refractivity contribution in [3.05, 3.63) is 23.9 Å². The van der Waals surface area contributed by atoms with Gasteiger partial charge in [0, 0.05) is 25.3 Å². The summed E-state index contributed by atoms with van der Waals surface area (Å²) in [5.41, 5.74) is 0.421. The fraction of sp³-hybridized carbons (Fsp3) is 0.667. The number of amides is 1. The Bertz CT molecular complexity index is 768. The molecule has 3 aliphatic heterocycles. The van der Waals surface area contributed by atoms with Gasteiger partial charge in [-0.3, -0.25) is 4.79 Å². The smallest absolute Gasteiger partial charge is 0.257 e. The van der Waals surface area contributed by atoms with Crippen molar-refractivity contribution in [2.45, 2.75) is 45.1 Å². The van der Waals surface area contributed by atoms with Crippen molar-refractivity contribution < 1.29 is 13.2 Å². The highest BCUT2D eigenvalue weighted by Crippen LogP contribution is 2.38. The quantitative estimate of drug-likeness (QED) is 0.714. The van der Waals surface area contributed by atoms with Crippen LogP contribution in [0.4, 0.5) is 0 Å². The van der Waals surface area contributed by atoms with E-state index in [0.29, 0.717) is 29.9 Å². The zero-order valence-corrected chi connectivity index (χ0v) is 15.4. The number of amidine groups is 1. The fourth-order valence-electron chi connectivity index (χ4n) is 4.68. The van der Waals surface area contributed by atoms with E-state index in [9.17, 15) is 13.2 Å². The van der Waals surface area contributed by atoms with E-state index in [-0.39, 0.29) is 11.7 Å². The van der Waals surface area contributed by atoms with Crippen LogP contribution in [-0.4, -0.2) is 54.8 Å². The maximum absolute atomic E-state index is 13.3. The van der Waals surface area contributed by atoms with E-state index in [0.717, 1.165) is 31.7 Å². The molecule has 25 heavy (non-hydrogen) atoms. The van der Waals surface area contributed by atoms with E-state index in [4.69, 9.17) is 0 Å². The summed E-state index contributed by atoms with van der Waals surface area (Å²) in [6.07, 6.45) is 10.9. The minimum absolute atomic E-state index is 0.00534. The van der Waals surface area contributed by atoms with Crippen LogP contribution in [0.2, 0.25) is 0 Å². The lowest BCUT2D eigenvalue weighted by Crippen LogP contribution is -2.52. The molecule has 0 spiro atoms. The van der Waals surface area contributed by atoms with Gasteiger partial charge < -0.3 is 9.80 Å². The van der Waals surface area contributed by atoms with Gasteiger partial charge in [-0.05, 0) is 56.1 Å². The second-order valence-corrected chi connectivity index (χ2v) is 9.46. The predicted octanol–water partition coefficient (Wildman–Crippen LogP) is 1.91. The van der Waals surface area contributed by atoms with Crippen molar-refractivity contribution in [2.75, 3.05) is 18.8 Å². The maximum Gasteiger partial charge on any atom is 0.257 e. The molecule has 1 saturated heterocycles. The molecule has 0 aromatic rings. The molecule has 0 bridgehead atoms. The largest absolute Gasteiger partial charge is 0.335 e. The summed E-state index contributed by atoms with van der Waals surface area (Å²) in [5.74, 6) is 1.54. The number of hydrogen-bond donors (Lipinski definition) is 0. The van der Waals surface area contributed by atoms with Crippen molar-refractivity contribution in [1.29, 1.82) is 0 Å². The highest BCUT2D eigenvalue weighted by Gasteiger charge is 2.40. The van der Waals surface area contributed by atoms with E-state index in [1.165, 1.54) is 12.8 Å². The molecule has 1 aliphatic carbocycles. The lowest BCUT2D eigenvalue weighted by atomic mass is 9.74. The van der Waals surface area contributed by atoms with Crippen molar-refractivity contribution in [1.82, 2.24) is 9.80 Å². The first kappa shape index (κ1) is 16.8. The lowest BCUT2D eigenvalue weighted by molar-refractivity contribution is -0.133. The molecule has 4 aliphatic rings. The molecule has 2 fully saturated rings. The SMILES string of the molecule is CC1CCC2C(CCCN2C(=O)C2=CC=CN3CCS(=O)(=O)N=C23)C1. The van der Waals surface area contributed by atoms with Crippen LogP contribution >= 0.6 is 0 Å². The first-order valence-corrected chi connectivity index (χ1v) is 10.8. The number of likely N-dealkylation sites (tertiary alicyclic amines) is 1. The Kier molecular flexibility index (Phi) is 4.22. The molecule has 3 unspecified atom stereocenters. The molecule has 6 nitrogen and oxygen atoms in total. The molecule has 1 saturated carbocycles. The molecule has 3 heterocycles. The Morgan fingerprint density at radius 3 is 2.92 bits per heavy atom. The van der Waals surface area contributed by atoms with Crippen LogP contribution < -0.4 is 0 Å². The fourth-order valence-corrected chi connectivity index (χ4v) is 5.67. The molecule has 0 radical (unpaired) electrons. The molecule has 136 valence electrons. The second-order valence-electron chi connectivity index (χ2n) is 7.70. The summed E-state index contributed by atoms with van der Waals surface area (Å²) in [5, 5.41) is 0. The third-order valence-electron chi connectivity index (χ3n) is 5.93. The van der Waals surface area contributed by atoms with Crippen LogP contribution in [0.1, 0.15) is 39.0 Å². The zero-order valence-electron chi connectivity index (χ0n) is 14.6. The maximum atomic E-state index is 13.3. The highest BCUT2D eigenvalue weighted by molar-refractivity contribution is 7.90. The van der Waals surface area contributed by atoms with Gasteiger partial charge in [0.25, 0.3) is 15.9 Å². The van der Waals surface area contributed by atoms with Gasteiger partial charge in [-0.2, -0.15) is 0 Å². The van der Waals surface area contributed by atoms with Crippen LogP contribution in [0.3, 0.4) is 0 Å². The van der Waals surface area contributed by atoms with E-state index in [1.54, 1.807) is 17.2 Å². The van der Waals surface area contributed by atoms with Gasteiger partial charge in [0.05, 0.1) is 11.3 Å². The Hall–Kier alpha value is -1.63. The van der Waals surface area contributed by atoms with Gasteiger partial charge >= 0.3 is 0 Å². The highest BCUT2D eigenvalue weighted by atomic mass is 32.2. The van der Waals surface area contributed by atoms with Crippen LogP contribution in [-0.2, 0) is 14.8 Å². The van der Waals surface area contributed by atoms with E-state index >= 15 is 0 Å². The molecule has 1 amide bonds. The van der Waals surface area contributed by atoms with Crippen LogP contribution in [0.5, 0.6) is 0 Å². The van der Waals surface area contributed by atoms with Crippen LogP contribution in [0, 0.1) is 11.8 Å². The number of allylic oxidation sites excluding steroid dienone is 2. The molecule has 3 atom stereocenters. The van der Waals surface area contributed by atoms with Crippen molar-refractivity contribution >= 4 is 21.8 Å². The number of rotatable bonds is 1. The second kappa shape index (κ2) is 6.27. The number of carbonyl (C=O) groups excluding carboxylic acids is 1. The van der Waals surface area contributed by atoms with E-state index < -0.39 is 10.0 Å². The molecular weight excluding hydrogens is 338 g/mol. The van der Waals surface area contributed by atoms with Gasteiger partial charge in [0.15, 0.2) is 5.84 Å². The Morgan fingerprint density at radius 2 is 2.08 bits per heavy atom. The monoisotopic (exact) mass is 363 g/mol. The number of piperidine rings is 1. The summed E-state index contributed by atoms with van der Waals surface area (Å²) < 4.78 is 27.7. The number of carbonyl (C=O) groups is 1. The minimum Gasteiger partial charge on any atom is -0.335 e. The van der Waals surface area contributed by atoms with Crippen LogP contribution in [0.25, 0.3) is 0 Å². The summed E-state index contributed by atoms with van der Waals surface area (Å²) in [7, 11) is -3.48. The topological polar surface area (TPSA) is 70.1 Å². The normalized spacial score (nSPS) is 33.9. The van der Waals surface area contributed by atoms with Gasteiger partial charge in [-0.15, -0.1) is 4.40 Å². The Morgan fingerprint density at radius 1 is 1.24 bits per heavy atom. The molecule has 0 aromatic heterocycles. The number of fused-ring (bicyclic) bond motifs is 2. The van der Waals surface area contributed by atoms with Crippen molar-refractivity contribution in [3.8, 4) is 0 Å². The number of nitrogens with zero attached hydrogens (tertiary/aromatic N) is 3. The van der Waals surface area contributed by atoms with Gasteiger partial charge in [-0.25, -0.2) is 8.42 Å². The third-order valence-corrected chi connectivity index (χ3v) is 7.08. The van der Waals surface area contributed by atoms with Crippen molar-refractivity contribution in [2.24, 2.45) is 16.2 Å². The average molecular weight is 363 g/mol. The first-order valence-electron chi connectivity index (χ1n) is 9.24. The molecule has 4 rings (SSSR count). The van der Waals surface area contributed by atoms with Crippen LogP contribution in [0.15, 0.2) is 28.3 Å². The number of hydrogen-bond acceptors (Lipinski definition) is 4. The predicted molar refractivity (Wildman–Crippen MR) is 96.4 cm³/mol. The average Bonchev–Trinajstić information content (AvgIpc) is 2.59. The van der Waals surface area contributed by atoms with E-state index in [2.05, 4.69) is 11.3 Å². The standard InChI is InChI=1S/C18H25N3O3S/c1-13-6-7-16-14(12-13)4-2-9-21(16)18(22)15-5-3-8-20-10-11-25(23,24)19-17(15)20/h3,5,8,13-14,16H,2,4,6-7,9-12H2,1H3. The summed E-state index contributed by atoms with van der Waals surface area (Å²) in [6, 6.07) is 0.290. The van der Waals surface area contributed by atoms with Gasteiger partial charge in [0.2, 0.25) is 0 Å². The summed E-state index contributed by atoms with van der Waals surface area (Å²) in [4.78, 5) is 17.0. The van der Waals surface area contributed by atoms with E-state index in [1.807, 2.05) is 11.0 Å². The third kappa shape index (κ3) is 3.14. The molecule has 0 aromatic carbocycles. The minimum atomic E-state index is -3.48. The van der Waals surface area contributed by atoms with Gasteiger partial charge in [-0.1, -0.05) is 6.92 Å². The molecular formula is C18H25N3O3S.